The van der Waals surface area contributed by atoms with E-state index in [1.54, 1.807) is 31.4 Å². The highest BCUT2D eigenvalue weighted by molar-refractivity contribution is 7.99. The molecule has 0 radical (unpaired) electrons. The Morgan fingerprint density at radius 3 is 2.41 bits per heavy atom. The fourth-order valence-electron chi connectivity index (χ4n) is 2.88. The Hall–Kier alpha value is -2.31. The van der Waals surface area contributed by atoms with Gasteiger partial charge in [-0.3, -0.25) is 4.79 Å². The first-order valence-electron chi connectivity index (χ1n) is 9.43. The summed E-state index contributed by atoms with van der Waals surface area (Å²) in [5.74, 6) is 2.51. The van der Waals surface area contributed by atoms with Crippen LogP contribution in [0.5, 0.6) is 5.75 Å². The van der Waals surface area contributed by atoms with E-state index in [1.807, 2.05) is 24.3 Å². The van der Waals surface area contributed by atoms with Crippen molar-refractivity contribution in [2.75, 3.05) is 12.9 Å². The van der Waals surface area contributed by atoms with Crippen LogP contribution in [0, 0.1) is 5.92 Å². The summed E-state index contributed by atoms with van der Waals surface area (Å²) in [5, 5.41) is 10.1. The van der Waals surface area contributed by atoms with Gasteiger partial charge in [0.15, 0.2) is 10.9 Å². The SMILES string of the molecule is COc1ccc(Cc2nnc(SCC(=O)c3ccc(Cl)cc3)n2CC(C)C)cc1. The summed E-state index contributed by atoms with van der Waals surface area (Å²) in [6.07, 6.45) is 0.676. The van der Waals surface area contributed by atoms with Crippen LogP contribution in [0.1, 0.15) is 35.6 Å². The fraction of sp³-hybridized carbons (Fsp3) is 0.318. The molecule has 0 amide bonds. The summed E-state index contributed by atoms with van der Waals surface area (Å²) in [4.78, 5) is 12.5. The molecule has 2 aromatic carbocycles. The normalized spacial score (nSPS) is 11.1. The first-order chi connectivity index (χ1) is 14.0. The van der Waals surface area contributed by atoms with E-state index < -0.39 is 0 Å². The topological polar surface area (TPSA) is 57.0 Å². The van der Waals surface area contributed by atoms with E-state index in [1.165, 1.54) is 11.8 Å². The van der Waals surface area contributed by atoms with Crippen molar-refractivity contribution in [2.45, 2.75) is 32.0 Å². The number of ketones is 1. The van der Waals surface area contributed by atoms with Gasteiger partial charge >= 0.3 is 0 Å². The number of benzene rings is 2. The molecule has 3 aromatic rings. The second-order valence-corrected chi connectivity index (χ2v) is 8.53. The van der Waals surface area contributed by atoms with Gasteiger partial charge in [-0.1, -0.05) is 49.3 Å². The molecule has 5 nitrogen and oxygen atoms in total. The number of carbonyl (C=O) groups is 1. The maximum atomic E-state index is 12.5. The summed E-state index contributed by atoms with van der Waals surface area (Å²) >= 11 is 7.32. The van der Waals surface area contributed by atoms with E-state index in [-0.39, 0.29) is 5.78 Å². The lowest BCUT2D eigenvalue weighted by atomic mass is 10.1. The highest BCUT2D eigenvalue weighted by Crippen LogP contribution is 2.22. The van der Waals surface area contributed by atoms with Gasteiger partial charge in [0.1, 0.15) is 11.6 Å². The molecular formula is C22H24ClN3O2S. The number of Topliss-reactive ketones (excluding diaryl/α,β-unsaturated/α-hetero) is 1. The lowest BCUT2D eigenvalue weighted by Gasteiger charge is -2.12. The zero-order valence-corrected chi connectivity index (χ0v) is 18.3. The number of hydrogen-bond donors (Lipinski definition) is 0. The predicted molar refractivity (Wildman–Crippen MR) is 117 cm³/mol. The van der Waals surface area contributed by atoms with Crippen molar-refractivity contribution in [1.82, 2.24) is 14.8 Å². The van der Waals surface area contributed by atoms with Crippen LogP contribution in [0.25, 0.3) is 0 Å². The van der Waals surface area contributed by atoms with Gasteiger partial charge in [0.05, 0.1) is 12.9 Å². The molecule has 0 atom stereocenters. The van der Waals surface area contributed by atoms with Crippen LogP contribution in [0.15, 0.2) is 53.7 Å². The highest BCUT2D eigenvalue weighted by Gasteiger charge is 2.16. The number of halogens is 1. The number of carbonyl (C=O) groups excluding carboxylic acids is 1. The third-order valence-electron chi connectivity index (χ3n) is 4.36. The maximum Gasteiger partial charge on any atom is 0.191 e. The molecular weight excluding hydrogens is 406 g/mol. The summed E-state index contributed by atoms with van der Waals surface area (Å²) in [5.41, 5.74) is 1.78. The lowest BCUT2D eigenvalue weighted by molar-refractivity contribution is 0.102. The minimum absolute atomic E-state index is 0.0440. The average Bonchev–Trinajstić information content (AvgIpc) is 3.08. The first-order valence-corrected chi connectivity index (χ1v) is 10.8. The Morgan fingerprint density at radius 1 is 1.10 bits per heavy atom. The molecule has 152 valence electrons. The number of methoxy groups -OCH3 is 1. The van der Waals surface area contributed by atoms with Crippen molar-refractivity contribution < 1.29 is 9.53 Å². The number of nitrogens with zero attached hydrogens (tertiary/aromatic N) is 3. The van der Waals surface area contributed by atoms with E-state index in [0.717, 1.165) is 28.8 Å². The van der Waals surface area contributed by atoms with Crippen LogP contribution in [-0.2, 0) is 13.0 Å². The van der Waals surface area contributed by atoms with Crippen LogP contribution in [0.4, 0.5) is 0 Å². The molecule has 7 heteroatoms. The van der Waals surface area contributed by atoms with Gasteiger partial charge in [0.2, 0.25) is 0 Å². The molecule has 0 aliphatic carbocycles. The largest absolute Gasteiger partial charge is 0.497 e. The molecule has 1 heterocycles. The smallest absolute Gasteiger partial charge is 0.191 e. The second kappa shape index (κ2) is 9.94. The monoisotopic (exact) mass is 429 g/mol. The van der Waals surface area contributed by atoms with E-state index >= 15 is 0 Å². The molecule has 1 aromatic heterocycles. The molecule has 0 unspecified atom stereocenters. The number of ether oxygens (including phenoxy) is 1. The zero-order valence-electron chi connectivity index (χ0n) is 16.8. The van der Waals surface area contributed by atoms with Gasteiger partial charge in [-0.2, -0.15) is 0 Å². The Kier molecular flexibility index (Phi) is 7.34. The van der Waals surface area contributed by atoms with Gasteiger partial charge in [0, 0.05) is 23.6 Å². The number of hydrogen-bond acceptors (Lipinski definition) is 5. The molecule has 0 bridgehead atoms. The quantitative estimate of drug-likeness (QED) is 0.347. The van der Waals surface area contributed by atoms with Gasteiger partial charge in [-0.15, -0.1) is 10.2 Å². The Labute approximate surface area is 180 Å². The van der Waals surface area contributed by atoms with Crippen LogP contribution in [0.2, 0.25) is 5.02 Å². The molecule has 0 saturated carbocycles. The number of rotatable bonds is 9. The summed E-state index contributed by atoms with van der Waals surface area (Å²) in [6, 6.07) is 14.9. The first kappa shape index (κ1) is 21.4. The highest BCUT2D eigenvalue weighted by atomic mass is 35.5. The predicted octanol–water partition coefficient (Wildman–Crippen LogP) is 5.16. The summed E-state index contributed by atoms with van der Waals surface area (Å²) in [6.45, 7) is 5.12. The van der Waals surface area contributed by atoms with Crippen molar-refractivity contribution in [1.29, 1.82) is 0 Å². The standard InChI is InChI=1S/C22H24ClN3O2S/c1-15(2)13-26-21(12-16-4-10-19(28-3)11-5-16)24-25-22(26)29-14-20(27)17-6-8-18(23)9-7-17/h4-11,15H,12-14H2,1-3H3. The maximum absolute atomic E-state index is 12.5. The van der Waals surface area contributed by atoms with Crippen molar-refractivity contribution >= 4 is 29.1 Å². The van der Waals surface area contributed by atoms with Crippen LogP contribution >= 0.6 is 23.4 Å². The van der Waals surface area contributed by atoms with Gasteiger partial charge in [0.25, 0.3) is 0 Å². The second-order valence-electron chi connectivity index (χ2n) is 7.15. The Balaban J connectivity index is 1.74. The molecule has 0 spiro atoms. The van der Waals surface area contributed by atoms with Crippen LogP contribution < -0.4 is 4.74 Å². The summed E-state index contributed by atoms with van der Waals surface area (Å²) < 4.78 is 7.34. The average molecular weight is 430 g/mol. The molecule has 0 saturated heterocycles. The minimum atomic E-state index is 0.0440. The fourth-order valence-corrected chi connectivity index (χ4v) is 3.87. The molecule has 0 fully saturated rings. The minimum Gasteiger partial charge on any atom is -0.497 e. The molecule has 0 aliphatic heterocycles. The van der Waals surface area contributed by atoms with Gasteiger partial charge in [-0.05, 0) is 47.9 Å². The third-order valence-corrected chi connectivity index (χ3v) is 5.58. The van der Waals surface area contributed by atoms with Crippen molar-refractivity contribution in [3.8, 4) is 5.75 Å². The van der Waals surface area contributed by atoms with Crippen LogP contribution in [0.3, 0.4) is 0 Å². The number of aromatic nitrogens is 3. The van der Waals surface area contributed by atoms with E-state index in [2.05, 4.69) is 28.6 Å². The molecule has 3 rings (SSSR count). The third kappa shape index (κ3) is 5.84. The van der Waals surface area contributed by atoms with E-state index in [4.69, 9.17) is 16.3 Å². The van der Waals surface area contributed by atoms with Crippen molar-refractivity contribution in [3.63, 3.8) is 0 Å². The van der Waals surface area contributed by atoms with E-state index in [0.29, 0.717) is 28.7 Å². The Morgan fingerprint density at radius 2 is 1.79 bits per heavy atom. The molecule has 29 heavy (non-hydrogen) atoms. The van der Waals surface area contributed by atoms with E-state index in [9.17, 15) is 4.79 Å². The molecule has 0 N–H and O–H groups in total. The van der Waals surface area contributed by atoms with Crippen molar-refractivity contribution in [3.05, 3.63) is 70.5 Å². The summed E-state index contributed by atoms with van der Waals surface area (Å²) in [7, 11) is 1.66. The lowest BCUT2D eigenvalue weighted by Crippen LogP contribution is -2.11. The van der Waals surface area contributed by atoms with Crippen LogP contribution in [-0.4, -0.2) is 33.4 Å². The molecule has 0 aliphatic rings. The van der Waals surface area contributed by atoms with Gasteiger partial charge in [-0.25, -0.2) is 0 Å². The van der Waals surface area contributed by atoms with Crippen molar-refractivity contribution in [2.24, 2.45) is 5.92 Å². The Bertz CT molecular complexity index is 953. The zero-order chi connectivity index (χ0) is 20.8. The van der Waals surface area contributed by atoms with Gasteiger partial charge < -0.3 is 9.30 Å². The number of thioether (sulfide) groups is 1.